The number of hydrogen-bond donors (Lipinski definition) is 2. The fourth-order valence-electron chi connectivity index (χ4n) is 3.14. The molecule has 0 atom stereocenters. The van der Waals surface area contributed by atoms with E-state index in [4.69, 9.17) is 5.73 Å². The summed E-state index contributed by atoms with van der Waals surface area (Å²) in [5, 5.41) is 6.71. The van der Waals surface area contributed by atoms with Gasteiger partial charge in [-0.2, -0.15) is 18.3 Å². The third-order valence-electron chi connectivity index (χ3n) is 4.82. The molecule has 0 saturated heterocycles. The summed E-state index contributed by atoms with van der Waals surface area (Å²) in [4.78, 5) is 15.7. The average molecular weight is 455 g/mol. The first kappa shape index (κ1) is 24.8. The molecule has 0 spiro atoms. The number of aryl methyl sites for hydroxylation is 1. The SMILES string of the molecule is CC(=N/C(C)=C(C=O)\C(=C\F)NCc1ccnn1C)c1cc(N)c(F)c(C)c1C(F)(F)F. The van der Waals surface area contributed by atoms with Crippen LogP contribution in [0.5, 0.6) is 0 Å². The zero-order valence-corrected chi connectivity index (χ0v) is 17.8. The highest BCUT2D eigenvalue weighted by atomic mass is 19.4. The van der Waals surface area contributed by atoms with Crippen LogP contribution in [0.2, 0.25) is 0 Å². The van der Waals surface area contributed by atoms with Gasteiger partial charge in [0.05, 0.1) is 40.5 Å². The molecule has 0 amide bonds. The van der Waals surface area contributed by atoms with E-state index >= 15 is 0 Å². The summed E-state index contributed by atoms with van der Waals surface area (Å²) in [6.45, 7) is 3.70. The number of nitrogen functional groups attached to an aromatic ring is 1. The van der Waals surface area contributed by atoms with Crippen LogP contribution < -0.4 is 11.1 Å². The molecule has 0 aliphatic heterocycles. The van der Waals surface area contributed by atoms with Crippen LogP contribution in [0.1, 0.15) is 36.2 Å². The van der Waals surface area contributed by atoms with Gasteiger partial charge < -0.3 is 11.1 Å². The van der Waals surface area contributed by atoms with E-state index in [0.29, 0.717) is 12.0 Å². The van der Waals surface area contributed by atoms with Crippen LogP contribution in [-0.2, 0) is 24.6 Å². The maximum atomic E-state index is 14.0. The highest BCUT2D eigenvalue weighted by molar-refractivity contribution is 6.02. The first-order valence-electron chi connectivity index (χ1n) is 9.31. The van der Waals surface area contributed by atoms with Crippen molar-refractivity contribution in [3.63, 3.8) is 0 Å². The zero-order valence-electron chi connectivity index (χ0n) is 17.8. The lowest BCUT2D eigenvalue weighted by molar-refractivity contribution is -0.138. The van der Waals surface area contributed by atoms with Crippen LogP contribution in [0.15, 0.2) is 46.6 Å². The third kappa shape index (κ3) is 5.21. The van der Waals surface area contributed by atoms with E-state index in [1.165, 1.54) is 13.8 Å². The summed E-state index contributed by atoms with van der Waals surface area (Å²) in [6, 6.07) is 2.52. The molecule has 0 radical (unpaired) electrons. The van der Waals surface area contributed by atoms with Gasteiger partial charge in [-0.05, 0) is 38.5 Å². The molecule has 1 aromatic heterocycles. The molecule has 0 fully saturated rings. The van der Waals surface area contributed by atoms with Crippen LogP contribution in [0, 0.1) is 12.7 Å². The van der Waals surface area contributed by atoms with E-state index in [2.05, 4.69) is 15.4 Å². The number of allylic oxidation sites excluding steroid dienone is 2. The number of benzene rings is 1. The molecule has 0 aliphatic carbocycles. The van der Waals surface area contributed by atoms with E-state index in [9.17, 15) is 26.7 Å². The summed E-state index contributed by atoms with van der Waals surface area (Å²) in [5.41, 5.74) is 2.78. The molecule has 11 heteroatoms. The van der Waals surface area contributed by atoms with Gasteiger partial charge in [-0.25, -0.2) is 8.78 Å². The van der Waals surface area contributed by atoms with E-state index in [1.54, 1.807) is 24.0 Å². The molecule has 0 aliphatic rings. The Morgan fingerprint density at radius 1 is 1.34 bits per heavy atom. The number of rotatable bonds is 7. The molecule has 0 unspecified atom stereocenters. The normalized spacial score (nSPS) is 13.8. The average Bonchev–Trinajstić information content (AvgIpc) is 3.12. The zero-order chi connectivity index (χ0) is 24.2. The van der Waals surface area contributed by atoms with E-state index in [1.807, 2.05) is 0 Å². The maximum absolute atomic E-state index is 14.0. The molecular weight excluding hydrogens is 433 g/mol. The van der Waals surface area contributed by atoms with Crippen molar-refractivity contribution >= 4 is 17.7 Å². The Morgan fingerprint density at radius 2 is 2.00 bits per heavy atom. The molecule has 0 saturated carbocycles. The standard InChI is InChI=1S/C21H22F5N5O/c1-11-19(21(24,25)26)15(7-17(27)20(11)23)12(2)30-13(3)16(10-32)18(8-22)28-9-14-5-6-29-31(14)4/h5-8,10,28H,9,27H2,1-4H3/b16-13-,18-8-,30-12?. The minimum absolute atomic E-state index is 0.0485. The summed E-state index contributed by atoms with van der Waals surface area (Å²) >= 11 is 0. The third-order valence-corrected chi connectivity index (χ3v) is 4.82. The van der Waals surface area contributed by atoms with Crippen LogP contribution in [0.4, 0.5) is 27.6 Å². The summed E-state index contributed by atoms with van der Waals surface area (Å²) < 4.78 is 69.8. The number of nitrogens with one attached hydrogen (secondary N) is 1. The van der Waals surface area contributed by atoms with Crippen molar-refractivity contribution in [2.75, 3.05) is 5.73 Å². The van der Waals surface area contributed by atoms with Crippen molar-refractivity contribution in [3.8, 4) is 0 Å². The second-order valence-corrected chi connectivity index (χ2v) is 6.96. The first-order valence-corrected chi connectivity index (χ1v) is 9.31. The number of aldehydes is 1. The van der Waals surface area contributed by atoms with Crippen molar-refractivity contribution in [3.05, 3.63) is 69.8 Å². The summed E-state index contributed by atoms with van der Waals surface area (Å²) in [7, 11) is 1.68. The second-order valence-electron chi connectivity index (χ2n) is 6.96. The van der Waals surface area contributed by atoms with Crippen molar-refractivity contribution < 1.29 is 26.7 Å². The van der Waals surface area contributed by atoms with Gasteiger partial charge in [0.25, 0.3) is 0 Å². The molecule has 0 bridgehead atoms. The lowest BCUT2D eigenvalue weighted by Crippen LogP contribution is -2.18. The number of nitrogens with zero attached hydrogens (tertiary/aromatic N) is 3. The van der Waals surface area contributed by atoms with Crippen molar-refractivity contribution in [2.24, 2.45) is 12.0 Å². The van der Waals surface area contributed by atoms with Gasteiger partial charge in [-0.3, -0.25) is 14.5 Å². The van der Waals surface area contributed by atoms with Gasteiger partial charge in [-0.15, -0.1) is 0 Å². The van der Waals surface area contributed by atoms with Gasteiger partial charge in [0, 0.05) is 24.5 Å². The number of anilines is 1. The fourth-order valence-corrected chi connectivity index (χ4v) is 3.14. The number of aromatic nitrogens is 2. The van der Waals surface area contributed by atoms with E-state index < -0.39 is 34.4 Å². The van der Waals surface area contributed by atoms with Gasteiger partial charge in [0.2, 0.25) is 0 Å². The summed E-state index contributed by atoms with van der Waals surface area (Å²) in [5.74, 6) is -1.17. The molecule has 3 N–H and O–H groups in total. The first-order chi connectivity index (χ1) is 14.9. The maximum Gasteiger partial charge on any atom is 0.417 e. The molecule has 2 aromatic rings. The Morgan fingerprint density at radius 3 is 2.50 bits per heavy atom. The molecular formula is C21H22F5N5O. The quantitative estimate of drug-likeness (QED) is 0.162. The van der Waals surface area contributed by atoms with E-state index in [0.717, 1.165) is 13.0 Å². The van der Waals surface area contributed by atoms with Gasteiger partial charge in [0.1, 0.15) is 12.1 Å². The number of carbonyl (C=O) groups excluding carboxylic acids is 1. The van der Waals surface area contributed by atoms with Crippen LogP contribution >= 0.6 is 0 Å². The highest BCUT2D eigenvalue weighted by Crippen LogP contribution is 2.38. The highest BCUT2D eigenvalue weighted by Gasteiger charge is 2.37. The Hall–Kier alpha value is -3.50. The number of carbonyl (C=O) groups is 1. The fraction of sp³-hybridized carbons (Fsp3) is 0.286. The number of hydrogen-bond acceptors (Lipinski definition) is 5. The minimum Gasteiger partial charge on any atom is -0.396 e. The minimum atomic E-state index is -4.87. The molecule has 172 valence electrons. The van der Waals surface area contributed by atoms with Gasteiger partial charge in [-0.1, -0.05) is 0 Å². The molecule has 6 nitrogen and oxygen atoms in total. The lowest BCUT2D eigenvalue weighted by Gasteiger charge is -2.18. The van der Waals surface area contributed by atoms with Crippen molar-refractivity contribution in [1.29, 1.82) is 0 Å². The Labute approximate surface area is 181 Å². The van der Waals surface area contributed by atoms with Crippen LogP contribution in [-0.4, -0.2) is 21.8 Å². The predicted molar refractivity (Wildman–Crippen MR) is 111 cm³/mol. The van der Waals surface area contributed by atoms with Crippen LogP contribution in [0.3, 0.4) is 0 Å². The van der Waals surface area contributed by atoms with Crippen molar-refractivity contribution in [2.45, 2.75) is 33.5 Å². The number of nitrogens with two attached hydrogens (primary N) is 1. The predicted octanol–water partition coefficient (Wildman–Crippen LogP) is 4.35. The van der Waals surface area contributed by atoms with E-state index in [-0.39, 0.29) is 35.6 Å². The number of halogens is 5. The van der Waals surface area contributed by atoms with Gasteiger partial charge in [0.15, 0.2) is 6.29 Å². The van der Waals surface area contributed by atoms with Gasteiger partial charge >= 0.3 is 6.18 Å². The summed E-state index contributed by atoms with van der Waals surface area (Å²) in [6.07, 6.45) is -2.83. The second kappa shape index (κ2) is 9.75. The topological polar surface area (TPSA) is 85.3 Å². The molecule has 1 aromatic carbocycles. The van der Waals surface area contributed by atoms with Crippen molar-refractivity contribution in [1.82, 2.24) is 15.1 Å². The van der Waals surface area contributed by atoms with Crippen LogP contribution in [0.25, 0.3) is 0 Å². The Kier molecular flexibility index (Phi) is 7.55. The Balaban J connectivity index is 2.50. The molecule has 2 rings (SSSR count). The lowest BCUT2D eigenvalue weighted by atomic mass is 9.96. The Bertz CT molecular complexity index is 1110. The molecule has 1 heterocycles. The smallest absolute Gasteiger partial charge is 0.396 e. The molecule has 32 heavy (non-hydrogen) atoms. The monoisotopic (exact) mass is 455 g/mol. The largest absolute Gasteiger partial charge is 0.417 e. The number of alkyl halides is 3. The number of aliphatic imine (C=N–C) groups is 1.